The summed E-state index contributed by atoms with van der Waals surface area (Å²) in [7, 11) is 0. The number of carbonyl (C=O) groups excluding carboxylic acids is 5. The lowest BCUT2D eigenvalue weighted by Gasteiger charge is -2.45. The summed E-state index contributed by atoms with van der Waals surface area (Å²) in [5.41, 5.74) is 6.24. The van der Waals surface area contributed by atoms with Gasteiger partial charge in [-0.15, -0.1) is 0 Å². The molecule has 300 valence electrons. The average molecular weight is 803 g/mol. The first-order chi connectivity index (χ1) is 28.0. The van der Waals surface area contributed by atoms with Gasteiger partial charge in [0.1, 0.15) is 12.1 Å². The molecule has 3 aromatic rings. The van der Waals surface area contributed by atoms with Crippen LogP contribution in [0, 0.1) is 29.6 Å². The Morgan fingerprint density at radius 3 is 2.19 bits per heavy atom. The molecular weight excluding hydrogens is 756 g/mol. The molecular formula is C44H47ClN8O5. The molecule has 14 heteroatoms. The number of carbonyl (C=O) groups is 5. The Morgan fingerprint density at radius 1 is 0.828 bits per heavy atom. The maximum atomic E-state index is 13.5. The molecule has 1 N–H and O–H groups in total. The number of anilines is 3. The van der Waals surface area contributed by atoms with Crippen LogP contribution in [0.25, 0.3) is 0 Å². The van der Waals surface area contributed by atoms with Gasteiger partial charge >= 0.3 is 0 Å². The second kappa shape index (κ2) is 15.1. The first-order valence-electron chi connectivity index (χ1n) is 20.4. The summed E-state index contributed by atoms with van der Waals surface area (Å²) < 4.78 is 0. The monoisotopic (exact) mass is 802 g/mol. The molecule has 9 rings (SSSR count). The molecule has 3 aromatic carbocycles. The summed E-state index contributed by atoms with van der Waals surface area (Å²) >= 11 is 6.50. The highest BCUT2D eigenvalue weighted by molar-refractivity contribution is 6.33. The van der Waals surface area contributed by atoms with Crippen molar-refractivity contribution in [1.29, 1.82) is 5.26 Å². The summed E-state index contributed by atoms with van der Waals surface area (Å²) in [5, 5.41) is 12.1. The number of imide groups is 2. The van der Waals surface area contributed by atoms with Crippen LogP contribution >= 0.6 is 11.6 Å². The summed E-state index contributed by atoms with van der Waals surface area (Å²) in [4.78, 5) is 76.3. The first-order valence-corrected chi connectivity index (χ1v) is 20.8. The largest absolute Gasteiger partial charge is 0.371 e. The molecule has 0 saturated carbocycles. The number of halogens is 1. The predicted molar refractivity (Wildman–Crippen MR) is 219 cm³/mol. The van der Waals surface area contributed by atoms with Gasteiger partial charge in [0.05, 0.1) is 21.7 Å². The Balaban J connectivity index is 0.719. The highest BCUT2D eigenvalue weighted by Crippen LogP contribution is 2.44. The fourth-order valence-electron chi connectivity index (χ4n) is 9.94. The average Bonchev–Trinajstić information content (AvgIpc) is 3.74. The smallest absolute Gasteiger partial charge is 0.262 e. The minimum absolute atomic E-state index is 0.0728. The van der Waals surface area contributed by atoms with E-state index in [2.05, 4.69) is 43.1 Å². The highest BCUT2D eigenvalue weighted by atomic mass is 35.5. The van der Waals surface area contributed by atoms with Crippen LogP contribution in [0.15, 0.2) is 54.6 Å². The number of fused-ring (bicyclic) bond motifs is 1. The number of benzene rings is 3. The van der Waals surface area contributed by atoms with Crippen molar-refractivity contribution in [3.63, 3.8) is 0 Å². The van der Waals surface area contributed by atoms with Gasteiger partial charge in [-0.1, -0.05) is 11.6 Å². The number of piperazine rings is 1. The lowest BCUT2D eigenvalue weighted by Crippen LogP contribution is -2.55. The number of amides is 5. The van der Waals surface area contributed by atoms with E-state index in [0.717, 1.165) is 111 Å². The quantitative estimate of drug-likeness (QED) is 0.344. The van der Waals surface area contributed by atoms with Gasteiger partial charge in [-0.05, 0) is 98.2 Å². The van der Waals surface area contributed by atoms with Crippen LogP contribution < -0.4 is 20.0 Å². The molecule has 0 radical (unpaired) electrons. The van der Waals surface area contributed by atoms with Crippen LogP contribution in [-0.2, 0) is 9.59 Å². The third-order valence-corrected chi connectivity index (χ3v) is 14.0. The lowest BCUT2D eigenvalue weighted by molar-refractivity contribution is -0.136. The molecule has 6 heterocycles. The van der Waals surface area contributed by atoms with Gasteiger partial charge in [0.15, 0.2) is 0 Å². The minimum Gasteiger partial charge on any atom is -0.371 e. The van der Waals surface area contributed by atoms with E-state index in [4.69, 9.17) is 11.6 Å². The van der Waals surface area contributed by atoms with E-state index in [0.29, 0.717) is 35.2 Å². The van der Waals surface area contributed by atoms with E-state index in [1.807, 2.05) is 42.2 Å². The van der Waals surface area contributed by atoms with Crippen molar-refractivity contribution in [2.75, 3.05) is 86.7 Å². The molecule has 0 bridgehead atoms. The first kappa shape index (κ1) is 38.1. The molecule has 1 spiro atoms. The van der Waals surface area contributed by atoms with E-state index in [-0.39, 0.29) is 29.7 Å². The van der Waals surface area contributed by atoms with Crippen LogP contribution in [0.2, 0.25) is 5.02 Å². The molecule has 5 saturated heterocycles. The standard InChI is InChI=1S/C44H47ClN8O5/c1-28-36(9-4-31(23-46)39(28)45)51-17-14-44(27-51)12-15-49(16-13-44)32-5-2-30(3-6-32)41(56)50-20-18-48(19-21-50)24-29-25-52(26-29)33-7-8-34-35(22-33)43(58)53(42(34)57)37-10-11-38(54)47-40(37)55/h2-9,22,29,37H,10-21,24-27H2,1H3,(H,47,54,55). The van der Waals surface area contributed by atoms with Gasteiger partial charge in [-0.2, -0.15) is 5.26 Å². The Hall–Kier alpha value is -5.45. The Morgan fingerprint density at radius 2 is 1.50 bits per heavy atom. The van der Waals surface area contributed by atoms with Crippen LogP contribution in [0.5, 0.6) is 0 Å². The van der Waals surface area contributed by atoms with Gasteiger partial charge in [-0.3, -0.25) is 39.1 Å². The number of nitriles is 1. The molecule has 1 atom stereocenters. The minimum atomic E-state index is -0.976. The maximum Gasteiger partial charge on any atom is 0.262 e. The van der Waals surface area contributed by atoms with Crippen molar-refractivity contribution in [2.45, 2.75) is 45.1 Å². The fraction of sp³-hybridized carbons (Fsp3) is 0.455. The predicted octanol–water partition coefficient (Wildman–Crippen LogP) is 4.31. The molecule has 5 amide bonds. The zero-order chi connectivity index (χ0) is 40.3. The van der Waals surface area contributed by atoms with Crippen molar-refractivity contribution < 1.29 is 24.0 Å². The summed E-state index contributed by atoms with van der Waals surface area (Å²) in [6.45, 7) is 11.5. The number of piperidine rings is 2. The second-order valence-electron chi connectivity index (χ2n) is 16.9. The SMILES string of the molecule is Cc1c(N2CCC3(CCN(c4ccc(C(=O)N5CCN(CC6CN(c7ccc8c(c7)C(=O)N(C7CCC(=O)NC7=O)C8=O)C6)CC5)cc4)CC3)C2)ccc(C#N)c1Cl. The molecule has 6 aliphatic heterocycles. The van der Waals surface area contributed by atoms with Crippen LogP contribution in [0.3, 0.4) is 0 Å². The molecule has 0 aliphatic carbocycles. The van der Waals surface area contributed by atoms with Crippen molar-refractivity contribution in [2.24, 2.45) is 11.3 Å². The van der Waals surface area contributed by atoms with E-state index < -0.39 is 29.7 Å². The van der Waals surface area contributed by atoms with E-state index in [1.54, 1.807) is 12.1 Å². The molecule has 6 aliphatic rings. The Labute approximate surface area is 343 Å². The molecule has 5 fully saturated rings. The second-order valence-corrected chi connectivity index (χ2v) is 17.3. The topological polar surface area (TPSA) is 141 Å². The zero-order valence-corrected chi connectivity index (χ0v) is 33.5. The van der Waals surface area contributed by atoms with E-state index in [1.165, 1.54) is 0 Å². The normalized spacial score (nSPS) is 22.4. The van der Waals surface area contributed by atoms with Gasteiger partial charge in [0, 0.05) is 107 Å². The Bertz CT molecular complexity index is 2230. The molecule has 13 nitrogen and oxygen atoms in total. The summed E-state index contributed by atoms with van der Waals surface area (Å²) in [6, 6.07) is 18.5. The van der Waals surface area contributed by atoms with Gasteiger partial charge in [-0.25, -0.2) is 0 Å². The van der Waals surface area contributed by atoms with Crippen molar-refractivity contribution >= 4 is 58.2 Å². The number of nitrogens with zero attached hydrogens (tertiary/aromatic N) is 7. The summed E-state index contributed by atoms with van der Waals surface area (Å²) in [6.07, 6.45) is 3.59. The van der Waals surface area contributed by atoms with E-state index in [9.17, 15) is 29.2 Å². The van der Waals surface area contributed by atoms with Crippen LogP contribution in [0.4, 0.5) is 17.1 Å². The number of hydrogen-bond acceptors (Lipinski definition) is 10. The molecule has 1 unspecified atom stereocenters. The van der Waals surface area contributed by atoms with Gasteiger partial charge in [0.25, 0.3) is 17.7 Å². The van der Waals surface area contributed by atoms with E-state index >= 15 is 0 Å². The van der Waals surface area contributed by atoms with Crippen molar-refractivity contribution in [1.82, 2.24) is 20.0 Å². The molecule has 58 heavy (non-hydrogen) atoms. The van der Waals surface area contributed by atoms with Crippen molar-refractivity contribution in [3.05, 3.63) is 87.4 Å². The third-order valence-electron chi connectivity index (χ3n) is 13.5. The Kier molecular flexibility index (Phi) is 9.88. The third kappa shape index (κ3) is 6.86. The van der Waals surface area contributed by atoms with Crippen LogP contribution in [0.1, 0.15) is 74.3 Å². The van der Waals surface area contributed by atoms with Crippen LogP contribution in [-0.4, -0.2) is 122 Å². The number of nitrogens with one attached hydrogen (secondary N) is 1. The maximum absolute atomic E-state index is 13.5. The molecule has 0 aromatic heterocycles. The lowest BCUT2D eigenvalue weighted by atomic mass is 9.77. The van der Waals surface area contributed by atoms with Crippen molar-refractivity contribution in [3.8, 4) is 6.07 Å². The highest BCUT2D eigenvalue weighted by Gasteiger charge is 2.45. The fourth-order valence-corrected chi connectivity index (χ4v) is 10.1. The van der Waals surface area contributed by atoms with Gasteiger partial charge in [0.2, 0.25) is 11.8 Å². The number of hydrogen-bond donors (Lipinski definition) is 1. The summed E-state index contributed by atoms with van der Waals surface area (Å²) in [5.74, 6) is -1.47. The van der Waals surface area contributed by atoms with Gasteiger partial charge < -0.3 is 19.6 Å². The zero-order valence-electron chi connectivity index (χ0n) is 32.7. The number of rotatable bonds is 7.